The fourth-order valence-corrected chi connectivity index (χ4v) is 3.06. The monoisotopic (exact) mass is 408 g/mol. The van der Waals surface area contributed by atoms with Crippen LogP contribution in [0.1, 0.15) is 37.5 Å². The van der Waals surface area contributed by atoms with E-state index in [2.05, 4.69) is 20.7 Å². The van der Waals surface area contributed by atoms with Gasteiger partial charge in [0.1, 0.15) is 5.69 Å². The Morgan fingerprint density at radius 2 is 1.93 bits per heavy atom. The predicted molar refractivity (Wildman–Crippen MR) is 108 cm³/mol. The second-order valence-corrected chi connectivity index (χ2v) is 6.66. The van der Waals surface area contributed by atoms with Crippen molar-refractivity contribution in [2.75, 3.05) is 12.4 Å². The van der Waals surface area contributed by atoms with Crippen LogP contribution < -0.4 is 10.6 Å². The third-order valence-electron chi connectivity index (χ3n) is 4.27. The lowest BCUT2D eigenvalue weighted by atomic mass is 10.0. The first kappa shape index (κ1) is 20.0. The summed E-state index contributed by atoms with van der Waals surface area (Å²) < 4.78 is 1.35. The van der Waals surface area contributed by atoms with Gasteiger partial charge in [-0.3, -0.25) is 9.59 Å². The van der Waals surface area contributed by atoms with E-state index in [1.807, 2.05) is 19.1 Å². The zero-order valence-electron chi connectivity index (χ0n) is 15.9. The molecule has 3 rings (SSSR count). The van der Waals surface area contributed by atoms with E-state index in [4.69, 9.17) is 11.6 Å². The minimum absolute atomic E-state index is 0.128. The molecule has 8 nitrogen and oxygen atoms in total. The molecule has 2 amide bonds. The van der Waals surface area contributed by atoms with Crippen molar-refractivity contribution >= 4 is 29.1 Å². The highest BCUT2D eigenvalue weighted by Crippen LogP contribution is 2.25. The van der Waals surface area contributed by atoms with Crippen molar-refractivity contribution in [1.29, 1.82) is 5.26 Å². The summed E-state index contributed by atoms with van der Waals surface area (Å²) in [6, 6.07) is 10.1. The van der Waals surface area contributed by atoms with Gasteiger partial charge >= 0.3 is 0 Å². The molecule has 0 atom stereocenters. The number of hydrogen-bond acceptors (Lipinski definition) is 5. The van der Waals surface area contributed by atoms with Crippen molar-refractivity contribution in [2.24, 2.45) is 0 Å². The van der Waals surface area contributed by atoms with E-state index in [9.17, 15) is 14.9 Å². The minimum atomic E-state index is -0.521. The van der Waals surface area contributed by atoms with E-state index in [1.165, 1.54) is 23.9 Å². The van der Waals surface area contributed by atoms with Crippen molar-refractivity contribution < 1.29 is 9.59 Å². The molecule has 146 valence electrons. The predicted octanol–water partition coefficient (Wildman–Crippen LogP) is 3.02. The molecule has 1 aromatic carbocycles. The third kappa shape index (κ3) is 3.95. The summed E-state index contributed by atoms with van der Waals surface area (Å²) in [5.74, 6) is -0.479. The summed E-state index contributed by atoms with van der Waals surface area (Å²) in [6.45, 7) is 3.55. The van der Waals surface area contributed by atoms with Crippen LogP contribution in [0, 0.1) is 25.2 Å². The Morgan fingerprint density at radius 3 is 2.59 bits per heavy atom. The molecule has 9 heteroatoms. The highest BCUT2D eigenvalue weighted by molar-refractivity contribution is 6.30. The SMILES string of the molecule is CNC(=O)c1cc(C#N)cc(C)c1NC(=O)c1cc(Cl)nn1-c1ncccc1C. The number of benzene rings is 1. The standard InChI is InChI=1S/C20H17ClN6O2/c1-11-5-4-6-24-18(11)27-15(9-16(21)26-27)20(29)25-17-12(2)7-13(10-22)8-14(17)19(28)23-3/h4-9H,1-3H3,(H,23,28)(H,25,29). The van der Waals surface area contributed by atoms with Crippen molar-refractivity contribution in [1.82, 2.24) is 20.1 Å². The van der Waals surface area contributed by atoms with Crippen LogP contribution in [0.4, 0.5) is 5.69 Å². The molecular formula is C20H17ClN6O2. The molecule has 0 unspecified atom stereocenters. The van der Waals surface area contributed by atoms with Crippen LogP contribution in [0.5, 0.6) is 0 Å². The van der Waals surface area contributed by atoms with E-state index in [-0.39, 0.29) is 16.4 Å². The number of anilines is 1. The van der Waals surface area contributed by atoms with Crippen LogP contribution in [0.15, 0.2) is 36.5 Å². The van der Waals surface area contributed by atoms with E-state index < -0.39 is 11.8 Å². The number of aromatic nitrogens is 3. The van der Waals surface area contributed by atoms with Crippen molar-refractivity contribution in [3.63, 3.8) is 0 Å². The highest BCUT2D eigenvalue weighted by atomic mass is 35.5. The van der Waals surface area contributed by atoms with Crippen LogP contribution in [-0.4, -0.2) is 33.6 Å². The van der Waals surface area contributed by atoms with Crippen LogP contribution in [0.25, 0.3) is 5.82 Å². The number of nitrogens with one attached hydrogen (secondary N) is 2. The molecule has 0 saturated heterocycles. The molecule has 0 radical (unpaired) electrons. The molecule has 0 fully saturated rings. The molecule has 0 bridgehead atoms. The second-order valence-electron chi connectivity index (χ2n) is 6.27. The lowest BCUT2D eigenvalue weighted by Gasteiger charge is -2.14. The summed E-state index contributed by atoms with van der Waals surface area (Å²) in [4.78, 5) is 29.6. The molecule has 0 saturated carbocycles. The minimum Gasteiger partial charge on any atom is -0.355 e. The highest BCUT2D eigenvalue weighted by Gasteiger charge is 2.22. The Balaban J connectivity index is 2.06. The van der Waals surface area contributed by atoms with Gasteiger partial charge in [0.05, 0.1) is 22.9 Å². The number of pyridine rings is 1. The van der Waals surface area contributed by atoms with Gasteiger partial charge in [-0.1, -0.05) is 17.7 Å². The van der Waals surface area contributed by atoms with E-state index >= 15 is 0 Å². The van der Waals surface area contributed by atoms with Gasteiger partial charge in [0.15, 0.2) is 11.0 Å². The first-order valence-corrected chi connectivity index (χ1v) is 8.99. The number of carbonyl (C=O) groups excluding carboxylic acids is 2. The summed E-state index contributed by atoms with van der Waals surface area (Å²) in [6.07, 6.45) is 1.59. The van der Waals surface area contributed by atoms with Gasteiger partial charge in [0.2, 0.25) is 0 Å². The first-order chi connectivity index (χ1) is 13.8. The lowest BCUT2D eigenvalue weighted by Crippen LogP contribution is -2.24. The Bertz CT molecular complexity index is 1160. The number of nitriles is 1. The zero-order valence-corrected chi connectivity index (χ0v) is 16.7. The molecule has 2 heterocycles. The number of rotatable bonds is 4. The average molecular weight is 409 g/mol. The number of amides is 2. The molecule has 0 aliphatic rings. The summed E-state index contributed by atoms with van der Waals surface area (Å²) in [5.41, 5.74) is 2.34. The smallest absolute Gasteiger partial charge is 0.274 e. The molecule has 0 spiro atoms. The van der Waals surface area contributed by atoms with Gasteiger partial charge < -0.3 is 10.6 Å². The maximum atomic E-state index is 13.0. The van der Waals surface area contributed by atoms with Gasteiger partial charge in [-0.25, -0.2) is 9.67 Å². The van der Waals surface area contributed by atoms with Gasteiger partial charge in [-0.05, 0) is 43.2 Å². The van der Waals surface area contributed by atoms with Crippen LogP contribution >= 0.6 is 11.6 Å². The maximum absolute atomic E-state index is 13.0. The molecule has 29 heavy (non-hydrogen) atoms. The summed E-state index contributed by atoms with van der Waals surface area (Å²) in [7, 11) is 1.47. The molecule has 0 aliphatic carbocycles. The number of carbonyl (C=O) groups is 2. The summed E-state index contributed by atoms with van der Waals surface area (Å²) >= 11 is 6.05. The molecular weight excluding hydrogens is 392 g/mol. The number of aryl methyl sites for hydroxylation is 2. The normalized spacial score (nSPS) is 10.3. The Labute approximate surface area is 172 Å². The van der Waals surface area contributed by atoms with E-state index in [0.29, 0.717) is 22.6 Å². The second kappa shape index (κ2) is 8.12. The van der Waals surface area contributed by atoms with Gasteiger partial charge in [0, 0.05) is 19.3 Å². The number of hydrogen-bond donors (Lipinski definition) is 2. The van der Waals surface area contributed by atoms with Gasteiger partial charge in [0.25, 0.3) is 11.8 Å². The topological polar surface area (TPSA) is 113 Å². The van der Waals surface area contributed by atoms with Crippen LogP contribution in [0.3, 0.4) is 0 Å². The Kier molecular flexibility index (Phi) is 5.61. The van der Waals surface area contributed by atoms with E-state index in [0.717, 1.165) is 5.56 Å². The Hall–Kier alpha value is -3.70. The maximum Gasteiger partial charge on any atom is 0.274 e. The average Bonchev–Trinajstić information content (AvgIpc) is 3.10. The van der Waals surface area contributed by atoms with Crippen LogP contribution in [-0.2, 0) is 0 Å². The molecule has 2 aromatic heterocycles. The zero-order chi connectivity index (χ0) is 21.1. The molecule has 2 N–H and O–H groups in total. The quantitative estimate of drug-likeness (QED) is 0.688. The van der Waals surface area contributed by atoms with Crippen molar-refractivity contribution in [2.45, 2.75) is 13.8 Å². The number of nitrogens with zero attached hydrogens (tertiary/aromatic N) is 4. The Morgan fingerprint density at radius 1 is 1.17 bits per heavy atom. The van der Waals surface area contributed by atoms with Crippen molar-refractivity contribution in [3.05, 3.63) is 69.6 Å². The van der Waals surface area contributed by atoms with E-state index in [1.54, 1.807) is 25.3 Å². The van der Waals surface area contributed by atoms with Crippen molar-refractivity contribution in [3.8, 4) is 11.9 Å². The van der Waals surface area contributed by atoms with Gasteiger partial charge in [-0.2, -0.15) is 10.4 Å². The summed E-state index contributed by atoms with van der Waals surface area (Å²) in [5, 5.41) is 18.7. The van der Waals surface area contributed by atoms with Crippen LogP contribution in [0.2, 0.25) is 5.15 Å². The fourth-order valence-electron chi connectivity index (χ4n) is 2.88. The largest absolute Gasteiger partial charge is 0.355 e. The molecule has 3 aromatic rings. The lowest BCUT2D eigenvalue weighted by molar-refractivity contribution is 0.0964. The van der Waals surface area contributed by atoms with Gasteiger partial charge in [-0.15, -0.1) is 0 Å². The first-order valence-electron chi connectivity index (χ1n) is 8.61. The molecule has 0 aliphatic heterocycles. The third-order valence-corrected chi connectivity index (χ3v) is 4.45. The number of halogens is 1. The fraction of sp³-hybridized carbons (Fsp3) is 0.150.